The highest BCUT2D eigenvalue weighted by molar-refractivity contribution is 5.74. The van der Waals surface area contributed by atoms with Crippen molar-refractivity contribution >= 4 is 5.91 Å². The molecule has 1 aromatic carbocycles. The number of hydrogen-bond acceptors (Lipinski definition) is 1. The summed E-state index contributed by atoms with van der Waals surface area (Å²) in [6.07, 6.45) is -4.44. The standard InChI is InChI=1S/C10H10F3NO/c11-10(12,13)8-4-2-1-3-7(8)5-6-9(14)15/h1-4H,5-6H2,(H2,14,15). The predicted molar refractivity (Wildman–Crippen MR) is 49.0 cm³/mol. The van der Waals surface area contributed by atoms with Gasteiger partial charge in [-0.1, -0.05) is 18.2 Å². The van der Waals surface area contributed by atoms with Gasteiger partial charge in [-0.3, -0.25) is 4.79 Å². The molecule has 15 heavy (non-hydrogen) atoms. The van der Waals surface area contributed by atoms with Gasteiger partial charge in [0.25, 0.3) is 0 Å². The molecule has 0 bridgehead atoms. The molecule has 0 saturated carbocycles. The number of amides is 1. The van der Waals surface area contributed by atoms with Crippen LogP contribution in [-0.4, -0.2) is 5.91 Å². The van der Waals surface area contributed by atoms with Gasteiger partial charge in [-0.15, -0.1) is 0 Å². The molecule has 5 heteroatoms. The van der Waals surface area contributed by atoms with Crippen molar-refractivity contribution in [2.24, 2.45) is 5.73 Å². The third kappa shape index (κ3) is 3.27. The van der Waals surface area contributed by atoms with E-state index in [1.54, 1.807) is 0 Å². The molecule has 0 radical (unpaired) electrons. The van der Waals surface area contributed by atoms with Gasteiger partial charge in [-0.25, -0.2) is 0 Å². The lowest BCUT2D eigenvalue weighted by Crippen LogP contribution is -2.14. The third-order valence-corrected chi connectivity index (χ3v) is 1.96. The molecule has 1 rings (SSSR count). The predicted octanol–water partition coefficient (Wildman–Crippen LogP) is 2.12. The first-order valence-electron chi connectivity index (χ1n) is 4.34. The Morgan fingerprint density at radius 1 is 1.27 bits per heavy atom. The van der Waals surface area contributed by atoms with Crippen molar-refractivity contribution in [1.82, 2.24) is 0 Å². The molecule has 0 saturated heterocycles. The summed E-state index contributed by atoms with van der Waals surface area (Å²) in [6, 6.07) is 5.17. The maximum atomic E-state index is 12.5. The molecule has 0 aliphatic heterocycles. The Kier molecular flexibility index (Phi) is 3.34. The van der Waals surface area contributed by atoms with E-state index in [0.717, 1.165) is 6.07 Å². The first-order chi connectivity index (χ1) is 6.91. The molecule has 0 aliphatic rings. The second-order valence-electron chi connectivity index (χ2n) is 3.12. The normalized spacial score (nSPS) is 11.4. The van der Waals surface area contributed by atoms with Gasteiger partial charge >= 0.3 is 6.18 Å². The molecule has 0 spiro atoms. The molecule has 0 heterocycles. The highest BCUT2D eigenvalue weighted by atomic mass is 19.4. The van der Waals surface area contributed by atoms with Crippen molar-refractivity contribution in [2.75, 3.05) is 0 Å². The fraction of sp³-hybridized carbons (Fsp3) is 0.300. The first-order valence-corrected chi connectivity index (χ1v) is 4.34. The zero-order valence-electron chi connectivity index (χ0n) is 7.84. The maximum absolute atomic E-state index is 12.5. The van der Waals surface area contributed by atoms with E-state index in [4.69, 9.17) is 5.73 Å². The van der Waals surface area contributed by atoms with Gasteiger partial charge in [-0.05, 0) is 18.1 Å². The maximum Gasteiger partial charge on any atom is 0.416 e. The van der Waals surface area contributed by atoms with Crippen molar-refractivity contribution in [3.05, 3.63) is 35.4 Å². The van der Waals surface area contributed by atoms with Crippen LogP contribution in [0, 0.1) is 0 Å². The van der Waals surface area contributed by atoms with E-state index in [0.29, 0.717) is 0 Å². The van der Waals surface area contributed by atoms with Crippen molar-refractivity contribution in [2.45, 2.75) is 19.0 Å². The van der Waals surface area contributed by atoms with E-state index in [-0.39, 0.29) is 18.4 Å². The minimum atomic E-state index is -4.38. The second kappa shape index (κ2) is 4.33. The Bertz CT molecular complexity index is 360. The van der Waals surface area contributed by atoms with Gasteiger partial charge in [0.05, 0.1) is 5.56 Å². The number of alkyl halides is 3. The lowest BCUT2D eigenvalue weighted by Gasteiger charge is -2.11. The number of hydrogen-bond donors (Lipinski definition) is 1. The van der Waals surface area contributed by atoms with Gasteiger partial charge in [-0.2, -0.15) is 13.2 Å². The summed E-state index contributed by atoms with van der Waals surface area (Å²) in [6.45, 7) is 0. The minimum absolute atomic E-state index is 0.0189. The Balaban J connectivity index is 2.92. The molecule has 1 amide bonds. The van der Waals surface area contributed by atoms with Crippen LogP contribution in [0.25, 0.3) is 0 Å². The molecule has 0 atom stereocenters. The molecule has 0 fully saturated rings. The number of carbonyl (C=O) groups is 1. The summed E-state index contributed by atoms with van der Waals surface area (Å²) < 4.78 is 37.4. The lowest BCUT2D eigenvalue weighted by molar-refractivity contribution is -0.138. The minimum Gasteiger partial charge on any atom is -0.370 e. The van der Waals surface area contributed by atoms with E-state index in [1.807, 2.05) is 0 Å². The topological polar surface area (TPSA) is 43.1 Å². The van der Waals surface area contributed by atoms with Crippen LogP contribution >= 0.6 is 0 Å². The Morgan fingerprint density at radius 3 is 2.40 bits per heavy atom. The molecule has 82 valence electrons. The molecule has 2 N–H and O–H groups in total. The van der Waals surface area contributed by atoms with E-state index >= 15 is 0 Å². The number of nitrogens with two attached hydrogens (primary N) is 1. The van der Waals surface area contributed by atoms with Crippen LogP contribution in [0.1, 0.15) is 17.5 Å². The molecular weight excluding hydrogens is 207 g/mol. The number of carbonyl (C=O) groups excluding carboxylic acids is 1. The van der Waals surface area contributed by atoms with Crippen LogP contribution in [-0.2, 0) is 17.4 Å². The van der Waals surface area contributed by atoms with Crippen molar-refractivity contribution in [1.29, 1.82) is 0 Å². The zero-order valence-corrected chi connectivity index (χ0v) is 7.84. The zero-order chi connectivity index (χ0) is 11.5. The Morgan fingerprint density at radius 2 is 1.87 bits per heavy atom. The van der Waals surface area contributed by atoms with Gasteiger partial charge in [0.2, 0.25) is 5.91 Å². The SMILES string of the molecule is NC(=O)CCc1ccccc1C(F)(F)F. The monoisotopic (exact) mass is 217 g/mol. The summed E-state index contributed by atoms with van der Waals surface area (Å²) in [4.78, 5) is 10.5. The largest absolute Gasteiger partial charge is 0.416 e. The van der Waals surface area contributed by atoms with Crippen molar-refractivity contribution in [3.8, 4) is 0 Å². The summed E-state index contributed by atoms with van der Waals surface area (Å²) in [5.41, 5.74) is 4.28. The van der Waals surface area contributed by atoms with Gasteiger partial charge < -0.3 is 5.73 Å². The number of rotatable bonds is 3. The summed E-state index contributed by atoms with van der Waals surface area (Å²) >= 11 is 0. The van der Waals surface area contributed by atoms with Crippen LogP contribution in [0.5, 0.6) is 0 Å². The van der Waals surface area contributed by atoms with E-state index in [1.165, 1.54) is 18.2 Å². The number of aryl methyl sites for hydroxylation is 1. The van der Waals surface area contributed by atoms with E-state index < -0.39 is 17.6 Å². The first kappa shape index (κ1) is 11.6. The van der Waals surface area contributed by atoms with Crippen molar-refractivity contribution < 1.29 is 18.0 Å². The molecule has 0 aliphatic carbocycles. The molecule has 1 aromatic rings. The molecule has 0 unspecified atom stereocenters. The number of benzene rings is 1. The van der Waals surface area contributed by atoms with Gasteiger partial charge in [0.15, 0.2) is 0 Å². The van der Waals surface area contributed by atoms with E-state index in [2.05, 4.69) is 0 Å². The summed E-state index contributed by atoms with van der Waals surface area (Å²) in [7, 11) is 0. The summed E-state index contributed by atoms with van der Waals surface area (Å²) in [5, 5.41) is 0. The van der Waals surface area contributed by atoms with Crippen LogP contribution in [0.4, 0.5) is 13.2 Å². The fourth-order valence-electron chi connectivity index (χ4n) is 1.27. The van der Waals surface area contributed by atoms with Crippen molar-refractivity contribution in [3.63, 3.8) is 0 Å². The quantitative estimate of drug-likeness (QED) is 0.827. The average molecular weight is 217 g/mol. The fourth-order valence-corrected chi connectivity index (χ4v) is 1.27. The lowest BCUT2D eigenvalue weighted by atomic mass is 10.0. The Labute approximate surface area is 84.9 Å². The Hall–Kier alpha value is -1.52. The highest BCUT2D eigenvalue weighted by Gasteiger charge is 2.32. The van der Waals surface area contributed by atoms with E-state index in [9.17, 15) is 18.0 Å². The molecular formula is C10H10F3NO. The van der Waals surface area contributed by atoms with Gasteiger partial charge in [0.1, 0.15) is 0 Å². The summed E-state index contributed by atoms with van der Waals surface area (Å²) in [5.74, 6) is -0.605. The number of halogens is 3. The van der Waals surface area contributed by atoms with Gasteiger partial charge in [0, 0.05) is 6.42 Å². The second-order valence-corrected chi connectivity index (χ2v) is 3.12. The van der Waals surface area contributed by atoms with Crippen LogP contribution in [0.2, 0.25) is 0 Å². The highest BCUT2D eigenvalue weighted by Crippen LogP contribution is 2.32. The molecule has 2 nitrogen and oxygen atoms in total. The van der Waals surface area contributed by atoms with Crippen LogP contribution in [0.3, 0.4) is 0 Å². The molecule has 0 aromatic heterocycles. The van der Waals surface area contributed by atoms with Crippen LogP contribution < -0.4 is 5.73 Å². The number of primary amides is 1. The van der Waals surface area contributed by atoms with Crippen LogP contribution in [0.15, 0.2) is 24.3 Å². The smallest absolute Gasteiger partial charge is 0.370 e. The third-order valence-electron chi connectivity index (χ3n) is 1.96. The average Bonchev–Trinajstić information content (AvgIpc) is 2.13.